The first-order valence-electron chi connectivity index (χ1n) is 3.71. The lowest BCUT2D eigenvalue weighted by molar-refractivity contribution is -0.386. The van der Waals surface area contributed by atoms with Crippen molar-refractivity contribution in [2.45, 2.75) is 4.90 Å². The van der Waals surface area contributed by atoms with Crippen molar-refractivity contribution in [3.63, 3.8) is 0 Å². The minimum atomic E-state index is -4.68. The van der Waals surface area contributed by atoms with Gasteiger partial charge >= 0.3 is 5.69 Å². The predicted octanol–water partition coefficient (Wildman–Crippen LogP) is 0.360. The number of hydrogen-bond acceptors (Lipinski definition) is 6. The van der Waals surface area contributed by atoms with E-state index in [1.54, 1.807) is 0 Å². The van der Waals surface area contributed by atoms with Gasteiger partial charge in [-0.2, -0.15) is 8.42 Å². The molecule has 2 N–H and O–H groups in total. The number of rotatable bonds is 3. The summed E-state index contributed by atoms with van der Waals surface area (Å²) in [6, 6.07) is 1.09. The van der Waals surface area contributed by atoms with Gasteiger partial charge < -0.3 is 5.11 Å². The summed E-state index contributed by atoms with van der Waals surface area (Å²) >= 11 is 0. The van der Waals surface area contributed by atoms with Crippen LogP contribution in [0.5, 0.6) is 5.75 Å². The third-order valence-electron chi connectivity index (χ3n) is 1.71. The molecule has 0 radical (unpaired) electrons. The summed E-state index contributed by atoms with van der Waals surface area (Å²) in [6.45, 7) is 0. The zero-order valence-corrected chi connectivity index (χ0v) is 8.34. The van der Waals surface area contributed by atoms with Crippen molar-refractivity contribution in [2.24, 2.45) is 0 Å². The molecular weight excluding hydrogens is 242 g/mol. The van der Waals surface area contributed by atoms with Gasteiger partial charge in [-0.1, -0.05) is 0 Å². The largest absolute Gasteiger partial charge is 0.502 e. The molecule has 0 bridgehead atoms. The van der Waals surface area contributed by atoms with Gasteiger partial charge in [-0.3, -0.25) is 19.5 Å². The summed E-state index contributed by atoms with van der Waals surface area (Å²) < 4.78 is 30.1. The fourth-order valence-electron chi connectivity index (χ4n) is 0.992. The van der Waals surface area contributed by atoms with E-state index in [9.17, 15) is 28.4 Å². The van der Waals surface area contributed by atoms with E-state index in [1.807, 2.05) is 0 Å². The Morgan fingerprint density at radius 3 is 2.31 bits per heavy atom. The smallest absolute Gasteiger partial charge is 0.312 e. The average Bonchev–Trinajstić information content (AvgIpc) is 2.15. The van der Waals surface area contributed by atoms with Gasteiger partial charge in [0.1, 0.15) is 4.90 Å². The van der Waals surface area contributed by atoms with Gasteiger partial charge in [0.05, 0.1) is 10.5 Å². The molecule has 0 aliphatic carbocycles. The number of aromatic hydroxyl groups is 1. The van der Waals surface area contributed by atoms with Crippen molar-refractivity contribution in [1.29, 1.82) is 0 Å². The maximum atomic E-state index is 10.7. The van der Waals surface area contributed by atoms with Crippen molar-refractivity contribution in [2.75, 3.05) is 0 Å². The van der Waals surface area contributed by atoms with Gasteiger partial charge in [0.25, 0.3) is 10.1 Å². The normalized spacial score (nSPS) is 11.1. The Morgan fingerprint density at radius 2 is 1.94 bits per heavy atom. The van der Waals surface area contributed by atoms with Crippen LogP contribution in [0.3, 0.4) is 0 Å². The van der Waals surface area contributed by atoms with E-state index in [4.69, 9.17) is 4.55 Å². The second kappa shape index (κ2) is 3.87. The fourth-order valence-corrected chi connectivity index (χ4v) is 1.53. The highest BCUT2D eigenvalue weighted by atomic mass is 32.2. The molecule has 0 saturated heterocycles. The van der Waals surface area contributed by atoms with Crippen LogP contribution in [0, 0.1) is 10.1 Å². The highest BCUT2D eigenvalue weighted by Crippen LogP contribution is 2.31. The summed E-state index contributed by atoms with van der Waals surface area (Å²) in [4.78, 5) is 18.9. The number of phenols is 1. The molecule has 16 heavy (non-hydrogen) atoms. The van der Waals surface area contributed by atoms with Gasteiger partial charge in [0.15, 0.2) is 6.29 Å². The van der Waals surface area contributed by atoms with Gasteiger partial charge in [-0.15, -0.1) is 0 Å². The topological polar surface area (TPSA) is 135 Å². The molecule has 0 fully saturated rings. The molecule has 0 amide bonds. The van der Waals surface area contributed by atoms with E-state index in [-0.39, 0.29) is 6.29 Å². The Labute approximate surface area is 89.0 Å². The summed E-state index contributed by atoms with van der Waals surface area (Å²) in [5, 5.41) is 19.6. The zero-order chi connectivity index (χ0) is 12.5. The molecule has 1 aromatic carbocycles. The van der Waals surface area contributed by atoms with E-state index < -0.39 is 36.9 Å². The second-order valence-electron chi connectivity index (χ2n) is 2.73. The highest BCUT2D eigenvalue weighted by molar-refractivity contribution is 7.85. The third-order valence-corrected chi connectivity index (χ3v) is 2.55. The Hall–Kier alpha value is -2.00. The molecule has 86 valence electrons. The zero-order valence-electron chi connectivity index (χ0n) is 7.52. The number of aldehydes is 1. The minimum Gasteiger partial charge on any atom is -0.502 e. The molecule has 0 saturated carbocycles. The van der Waals surface area contributed by atoms with E-state index in [2.05, 4.69) is 0 Å². The van der Waals surface area contributed by atoms with Crippen LogP contribution in [-0.2, 0) is 10.1 Å². The summed E-state index contributed by atoms with van der Waals surface area (Å²) in [6.07, 6.45) is 0.0387. The number of carbonyl (C=O) groups excluding carboxylic acids is 1. The van der Waals surface area contributed by atoms with Crippen LogP contribution >= 0.6 is 0 Å². The Kier molecular flexibility index (Phi) is 2.92. The number of nitro groups is 1. The molecule has 0 unspecified atom stereocenters. The van der Waals surface area contributed by atoms with Crippen LogP contribution in [0.25, 0.3) is 0 Å². The first-order chi connectivity index (χ1) is 7.27. The van der Waals surface area contributed by atoms with Crippen molar-refractivity contribution >= 4 is 22.1 Å². The molecular formula is C7H5NO7S. The molecule has 0 heterocycles. The summed E-state index contributed by atoms with van der Waals surface area (Å²) in [5.41, 5.74) is -1.57. The van der Waals surface area contributed by atoms with Gasteiger partial charge in [-0.25, -0.2) is 0 Å². The number of benzene rings is 1. The molecule has 8 nitrogen and oxygen atoms in total. The van der Waals surface area contributed by atoms with Crippen LogP contribution < -0.4 is 0 Å². The van der Waals surface area contributed by atoms with Crippen LogP contribution in [0.2, 0.25) is 0 Å². The molecule has 0 atom stereocenters. The number of phenolic OH excluding ortho intramolecular Hbond substituents is 1. The number of hydrogen-bond donors (Lipinski definition) is 2. The van der Waals surface area contributed by atoms with Crippen LogP contribution in [0.1, 0.15) is 10.4 Å². The molecule has 0 aliphatic rings. The molecule has 0 spiro atoms. The standard InChI is InChI=1S/C7H5NO7S/c9-3-4-1-5(16(13,14)15)2-6(7(4)10)8(11)12/h1-3,10H,(H,13,14,15). The van der Waals surface area contributed by atoms with Crippen molar-refractivity contribution in [3.8, 4) is 5.75 Å². The number of carbonyl (C=O) groups is 1. The van der Waals surface area contributed by atoms with E-state index in [0.717, 1.165) is 0 Å². The lowest BCUT2D eigenvalue weighted by Crippen LogP contribution is -2.01. The summed E-state index contributed by atoms with van der Waals surface area (Å²) in [5.74, 6) is -0.951. The quantitative estimate of drug-likeness (QED) is 0.340. The van der Waals surface area contributed by atoms with Gasteiger partial charge in [0, 0.05) is 6.07 Å². The second-order valence-corrected chi connectivity index (χ2v) is 4.15. The molecule has 9 heteroatoms. The predicted molar refractivity (Wildman–Crippen MR) is 50.0 cm³/mol. The minimum absolute atomic E-state index is 0.0387. The summed E-state index contributed by atoms with van der Waals surface area (Å²) in [7, 11) is -4.68. The fraction of sp³-hybridized carbons (Fsp3) is 0. The molecule has 1 rings (SSSR count). The monoisotopic (exact) mass is 247 g/mol. The Bertz CT molecular complexity index is 562. The molecule has 1 aromatic rings. The third kappa shape index (κ3) is 2.15. The SMILES string of the molecule is O=Cc1cc(S(=O)(=O)O)cc([N+](=O)[O-])c1O. The van der Waals surface area contributed by atoms with Gasteiger partial charge in [0.2, 0.25) is 5.75 Å². The van der Waals surface area contributed by atoms with Crippen LogP contribution in [0.4, 0.5) is 5.69 Å². The van der Waals surface area contributed by atoms with Gasteiger partial charge in [-0.05, 0) is 6.07 Å². The van der Waals surface area contributed by atoms with Crippen LogP contribution in [-0.4, -0.2) is 29.3 Å². The maximum Gasteiger partial charge on any atom is 0.312 e. The maximum absolute atomic E-state index is 10.7. The molecule has 0 aromatic heterocycles. The Morgan fingerprint density at radius 1 is 1.38 bits per heavy atom. The van der Waals surface area contributed by atoms with Crippen molar-refractivity contribution in [3.05, 3.63) is 27.8 Å². The van der Waals surface area contributed by atoms with E-state index in [1.165, 1.54) is 0 Å². The van der Waals surface area contributed by atoms with Crippen molar-refractivity contribution < 1.29 is 27.8 Å². The van der Waals surface area contributed by atoms with E-state index >= 15 is 0 Å². The number of nitrogens with zero attached hydrogens (tertiary/aromatic N) is 1. The lowest BCUT2D eigenvalue weighted by Gasteiger charge is -2.02. The molecule has 0 aliphatic heterocycles. The Balaban J connectivity index is 3.66. The first-order valence-corrected chi connectivity index (χ1v) is 5.15. The average molecular weight is 247 g/mol. The van der Waals surface area contributed by atoms with Crippen LogP contribution in [0.15, 0.2) is 17.0 Å². The van der Waals surface area contributed by atoms with E-state index in [0.29, 0.717) is 12.1 Å². The number of nitro benzene ring substituents is 1. The highest BCUT2D eigenvalue weighted by Gasteiger charge is 2.23. The van der Waals surface area contributed by atoms with Crippen molar-refractivity contribution in [1.82, 2.24) is 0 Å². The first kappa shape index (κ1) is 12.1. The lowest BCUT2D eigenvalue weighted by atomic mass is 10.2.